The molecule has 2 amide bonds. The fourth-order valence-corrected chi connectivity index (χ4v) is 2.56. The monoisotopic (exact) mass is 272 g/mol. The van der Waals surface area contributed by atoms with Gasteiger partial charge in [-0.2, -0.15) is 0 Å². The predicted molar refractivity (Wildman–Crippen MR) is 74.2 cm³/mol. The third-order valence-corrected chi connectivity index (χ3v) is 4.03. The van der Waals surface area contributed by atoms with E-state index in [1.807, 2.05) is 25.1 Å². The number of amides is 2. The van der Waals surface area contributed by atoms with Crippen molar-refractivity contribution in [2.24, 2.45) is 5.73 Å². The van der Waals surface area contributed by atoms with Crippen LogP contribution in [0.4, 0.5) is 0 Å². The third-order valence-electron chi connectivity index (χ3n) is 4.03. The minimum Gasteiger partial charge on any atom is -0.451 e. The van der Waals surface area contributed by atoms with Crippen molar-refractivity contribution in [2.75, 3.05) is 0 Å². The lowest BCUT2D eigenvalue weighted by Gasteiger charge is -2.39. The zero-order chi connectivity index (χ0) is 14.3. The molecule has 0 bridgehead atoms. The maximum Gasteiger partial charge on any atom is 0.287 e. The lowest BCUT2D eigenvalue weighted by Crippen LogP contribution is -2.61. The summed E-state index contributed by atoms with van der Waals surface area (Å²) in [5.41, 5.74) is 6.18. The van der Waals surface area contributed by atoms with Crippen LogP contribution in [0.15, 0.2) is 28.7 Å². The van der Waals surface area contributed by atoms with E-state index >= 15 is 0 Å². The van der Waals surface area contributed by atoms with Gasteiger partial charge >= 0.3 is 0 Å². The van der Waals surface area contributed by atoms with Gasteiger partial charge in [-0.05, 0) is 43.9 Å². The van der Waals surface area contributed by atoms with Gasteiger partial charge < -0.3 is 15.5 Å². The molecule has 1 saturated carbocycles. The number of rotatable bonds is 3. The molecule has 3 N–H and O–H groups in total. The molecular weight excluding hydrogens is 256 g/mol. The van der Waals surface area contributed by atoms with Crippen LogP contribution in [0.2, 0.25) is 0 Å². The first-order valence-electron chi connectivity index (χ1n) is 6.63. The van der Waals surface area contributed by atoms with E-state index in [9.17, 15) is 9.59 Å². The van der Waals surface area contributed by atoms with Crippen molar-refractivity contribution >= 4 is 22.8 Å². The third kappa shape index (κ3) is 1.86. The lowest BCUT2D eigenvalue weighted by atomic mass is 9.76. The van der Waals surface area contributed by atoms with Gasteiger partial charge in [0.05, 0.1) is 0 Å². The van der Waals surface area contributed by atoms with Crippen LogP contribution in [-0.2, 0) is 4.79 Å². The summed E-state index contributed by atoms with van der Waals surface area (Å²) in [7, 11) is 0. The Kier molecular flexibility index (Phi) is 2.78. The van der Waals surface area contributed by atoms with Crippen LogP contribution in [0.25, 0.3) is 11.0 Å². The molecule has 1 fully saturated rings. The molecule has 0 saturated heterocycles. The Bertz CT molecular complexity index is 698. The molecule has 104 valence electrons. The molecule has 0 radical (unpaired) electrons. The molecule has 1 aromatic carbocycles. The number of aryl methyl sites for hydroxylation is 1. The number of carbonyl (C=O) groups is 2. The first-order valence-corrected chi connectivity index (χ1v) is 6.63. The van der Waals surface area contributed by atoms with Crippen molar-refractivity contribution in [1.29, 1.82) is 0 Å². The molecule has 5 nitrogen and oxygen atoms in total. The molecule has 1 aliphatic rings. The molecule has 2 aromatic rings. The van der Waals surface area contributed by atoms with Crippen molar-refractivity contribution < 1.29 is 14.0 Å². The number of fused-ring (bicyclic) bond motifs is 1. The highest BCUT2D eigenvalue weighted by Gasteiger charge is 2.44. The number of carbonyl (C=O) groups excluding carboxylic acids is 2. The molecular formula is C15H16N2O3. The van der Waals surface area contributed by atoms with Crippen molar-refractivity contribution in [1.82, 2.24) is 5.32 Å². The number of hydrogen-bond acceptors (Lipinski definition) is 3. The fourth-order valence-electron chi connectivity index (χ4n) is 2.56. The Hall–Kier alpha value is -2.30. The van der Waals surface area contributed by atoms with E-state index in [0.717, 1.165) is 17.4 Å². The van der Waals surface area contributed by atoms with Crippen molar-refractivity contribution in [3.8, 4) is 0 Å². The van der Waals surface area contributed by atoms with E-state index in [0.29, 0.717) is 18.4 Å². The number of furan rings is 1. The zero-order valence-corrected chi connectivity index (χ0v) is 11.2. The highest BCUT2D eigenvalue weighted by molar-refractivity contribution is 6.00. The maximum absolute atomic E-state index is 12.2. The minimum absolute atomic E-state index is 0.210. The summed E-state index contributed by atoms with van der Waals surface area (Å²) in [5.74, 6) is -0.662. The van der Waals surface area contributed by atoms with Crippen LogP contribution in [0.3, 0.4) is 0 Å². The number of benzene rings is 1. The summed E-state index contributed by atoms with van der Waals surface area (Å²) in [6, 6.07) is 7.34. The maximum atomic E-state index is 12.2. The highest BCUT2D eigenvalue weighted by atomic mass is 16.3. The van der Waals surface area contributed by atoms with E-state index in [1.165, 1.54) is 0 Å². The Morgan fingerprint density at radius 2 is 2.10 bits per heavy atom. The van der Waals surface area contributed by atoms with Gasteiger partial charge in [-0.25, -0.2) is 0 Å². The van der Waals surface area contributed by atoms with Gasteiger partial charge in [0.15, 0.2) is 5.76 Å². The number of nitrogens with one attached hydrogen (secondary N) is 1. The average Bonchev–Trinajstić information content (AvgIpc) is 2.78. The highest BCUT2D eigenvalue weighted by Crippen LogP contribution is 2.32. The average molecular weight is 272 g/mol. The Morgan fingerprint density at radius 1 is 1.35 bits per heavy atom. The van der Waals surface area contributed by atoms with Gasteiger partial charge in [0, 0.05) is 5.39 Å². The fraction of sp³-hybridized carbons (Fsp3) is 0.333. The summed E-state index contributed by atoms with van der Waals surface area (Å²) >= 11 is 0. The summed E-state index contributed by atoms with van der Waals surface area (Å²) in [5, 5.41) is 3.62. The zero-order valence-electron chi connectivity index (χ0n) is 11.2. The van der Waals surface area contributed by atoms with E-state index in [1.54, 1.807) is 6.07 Å². The molecule has 0 spiro atoms. The Balaban J connectivity index is 1.89. The van der Waals surface area contributed by atoms with Gasteiger partial charge in [-0.15, -0.1) is 0 Å². The summed E-state index contributed by atoms with van der Waals surface area (Å²) in [6.07, 6.45) is 2.07. The predicted octanol–water partition coefficient (Wildman–Crippen LogP) is 1.88. The minimum atomic E-state index is -0.898. The largest absolute Gasteiger partial charge is 0.451 e. The van der Waals surface area contributed by atoms with E-state index in [-0.39, 0.29) is 11.7 Å². The van der Waals surface area contributed by atoms with Crippen LogP contribution in [0.5, 0.6) is 0 Å². The SMILES string of the molecule is Cc1cccc2oc(C(=O)NC3(C(N)=O)CCC3)cc12. The van der Waals surface area contributed by atoms with Crippen LogP contribution in [0.1, 0.15) is 35.4 Å². The molecule has 0 atom stereocenters. The second-order valence-electron chi connectivity index (χ2n) is 5.35. The summed E-state index contributed by atoms with van der Waals surface area (Å²) in [6.45, 7) is 1.95. The van der Waals surface area contributed by atoms with Crippen LogP contribution in [0, 0.1) is 6.92 Å². The molecule has 3 rings (SSSR count). The van der Waals surface area contributed by atoms with Crippen LogP contribution >= 0.6 is 0 Å². The van der Waals surface area contributed by atoms with Crippen molar-refractivity contribution in [2.45, 2.75) is 31.7 Å². The Labute approximate surface area is 116 Å². The van der Waals surface area contributed by atoms with Crippen molar-refractivity contribution in [3.63, 3.8) is 0 Å². The smallest absolute Gasteiger partial charge is 0.287 e. The van der Waals surface area contributed by atoms with E-state index in [4.69, 9.17) is 10.2 Å². The molecule has 1 aromatic heterocycles. The van der Waals surface area contributed by atoms with Gasteiger partial charge in [0.1, 0.15) is 11.1 Å². The standard InChI is InChI=1S/C15H16N2O3/c1-9-4-2-5-11-10(9)8-12(20-11)13(18)17-15(14(16)19)6-3-7-15/h2,4-5,8H,3,6-7H2,1H3,(H2,16,19)(H,17,18). The van der Waals surface area contributed by atoms with Crippen LogP contribution < -0.4 is 11.1 Å². The number of hydrogen-bond donors (Lipinski definition) is 2. The molecule has 20 heavy (non-hydrogen) atoms. The van der Waals surface area contributed by atoms with Gasteiger partial charge in [-0.3, -0.25) is 9.59 Å². The lowest BCUT2D eigenvalue weighted by molar-refractivity contribution is -0.127. The summed E-state index contributed by atoms with van der Waals surface area (Å²) < 4.78 is 5.54. The molecule has 5 heteroatoms. The second-order valence-corrected chi connectivity index (χ2v) is 5.35. The first-order chi connectivity index (χ1) is 9.52. The number of primary amides is 1. The van der Waals surface area contributed by atoms with Gasteiger partial charge in [0.25, 0.3) is 5.91 Å². The molecule has 0 aliphatic heterocycles. The number of nitrogens with two attached hydrogens (primary N) is 1. The quantitative estimate of drug-likeness (QED) is 0.894. The normalized spacial score (nSPS) is 16.6. The second kappa shape index (κ2) is 4.37. The first kappa shape index (κ1) is 12.7. The molecule has 0 unspecified atom stereocenters. The van der Waals surface area contributed by atoms with Gasteiger partial charge in [-0.1, -0.05) is 12.1 Å². The van der Waals surface area contributed by atoms with E-state index in [2.05, 4.69) is 5.32 Å². The molecule has 1 heterocycles. The van der Waals surface area contributed by atoms with Crippen molar-refractivity contribution in [3.05, 3.63) is 35.6 Å². The van der Waals surface area contributed by atoms with E-state index < -0.39 is 11.4 Å². The summed E-state index contributed by atoms with van der Waals surface area (Å²) in [4.78, 5) is 23.7. The molecule has 1 aliphatic carbocycles. The van der Waals surface area contributed by atoms with Gasteiger partial charge in [0.2, 0.25) is 5.91 Å². The Morgan fingerprint density at radius 3 is 2.65 bits per heavy atom. The van der Waals surface area contributed by atoms with Crippen LogP contribution in [-0.4, -0.2) is 17.4 Å². The topological polar surface area (TPSA) is 85.3 Å².